The van der Waals surface area contributed by atoms with E-state index in [1.165, 1.54) is 0 Å². The van der Waals surface area contributed by atoms with E-state index in [2.05, 4.69) is 15.6 Å². The van der Waals surface area contributed by atoms with Gasteiger partial charge in [0.05, 0.1) is 0 Å². The summed E-state index contributed by atoms with van der Waals surface area (Å²) < 4.78 is 10.6. The summed E-state index contributed by atoms with van der Waals surface area (Å²) in [6.45, 7) is 3.37. The number of amides is 4. The maximum Gasteiger partial charge on any atom is 0.318 e. The van der Waals surface area contributed by atoms with Gasteiger partial charge in [-0.05, 0) is 31.2 Å². The number of carbonyl (C=O) groups is 3. The third kappa shape index (κ3) is 4.34. The lowest BCUT2D eigenvalue weighted by atomic mass is 10.2. The fraction of sp³-hybridized carbons (Fsp3) is 0.292. The van der Waals surface area contributed by atoms with E-state index in [1.54, 1.807) is 34.9 Å². The molecule has 2 aromatic carbocycles. The molecule has 0 unspecified atom stereocenters. The minimum Gasteiger partial charge on any atom is -0.454 e. The van der Waals surface area contributed by atoms with Crippen LogP contribution < -0.4 is 20.1 Å². The van der Waals surface area contributed by atoms with Crippen molar-refractivity contribution >= 4 is 34.4 Å². The Bertz CT molecular complexity index is 1210. The van der Waals surface area contributed by atoms with Gasteiger partial charge in [-0.25, -0.2) is 4.79 Å². The lowest BCUT2D eigenvalue weighted by molar-refractivity contribution is -0.117. The predicted molar refractivity (Wildman–Crippen MR) is 125 cm³/mol. The number of anilines is 1. The number of carbonyl (C=O) groups excluding carboxylic acids is 3. The van der Waals surface area contributed by atoms with Crippen molar-refractivity contribution in [2.45, 2.75) is 13.0 Å². The van der Waals surface area contributed by atoms with Crippen LogP contribution in [0, 0.1) is 0 Å². The molecule has 0 bridgehead atoms. The second-order valence-corrected chi connectivity index (χ2v) is 8.28. The molecule has 1 fully saturated rings. The average Bonchev–Trinajstić information content (AvgIpc) is 3.50. The molecule has 1 atom stereocenters. The summed E-state index contributed by atoms with van der Waals surface area (Å²) in [6, 6.07) is 13.6. The molecule has 2 aliphatic rings. The third-order valence-corrected chi connectivity index (χ3v) is 5.99. The van der Waals surface area contributed by atoms with E-state index in [9.17, 15) is 14.4 Å². The minimum atomic E-state index is -0.746. The first-order valence-electron chi connectivity index (χ1n) is 11.1. The Kier molecular flexibility index (Phi) is 5.70. The standard InChI is InChI=1S/C24H25N5O5/c1-15(22(30)26-17-6-7-20-21(13-17)34-14-33-20)25-24(32)29-10-8-28(9-11-29)23(31)19-12-16-4-2-3-5-18(16)27-19/h2-7,12-13,15,27H,8-11,14H2,1H3,(H,25,32)(H,26,30)/t15-/m1/s1. The molecule has 1 aromatic heterocycles. The van der Waals surface area contributed by atoms with Crippen molar-refractivity contribution in [2.24, 2.45) is 0 Å². The van der Waals surface area contributed by atoms with E-state index in [1.807, 2.05) is 30.3 Å². The smallest absolute Gasteiger partial charge is 0.318 e. The number of ether oxygens (including phenoxy) is 2. The molecular weight excluding hydrogens is 438 g/mol. The Labute approximate surface area is 195 Å². The van der Waals surface area contributed by atoms with Crippen molar-refractivity contribution in [1.82, 2.24) is 20.1 Å². The number of hydrogen-bond acceptors (Lipinski definition) is 5. The summed E-state index contributed by atoms with van der Waals surface area (Å²) >= 11 is 0. The summed E-state index contributed by atoms with van der Waals surface area (Å²) in [5.41, 5.74) is 2.00. The summed E-state index contributed by atoms with van der Waals surface area (Å²) in [6.07, 6.45) is 0. The van der Waals surface area contributed by atoms with Gasteiger partial charge >= 0.3 is 6.03 Å². The lowest BCUT2D eigenvalue weighted by Gasteiger charge is -2.35. The zero-order valence-electron chi connectivity index (χ0n) is 18.7. The molecule has 0 aliphatic carbocycles. The van der Waals surface area contributed by atoms with E-state index < -0.39 is 6.04 Å². The van der Waals surface area contributed by atoms with Crippen LogP contribution >= 0.6 is 0 Å². The van der Waals surface area contributed by atoms with Crippen LogP contribution in [0.4, 0.5) is 10.5 Å². The number of aromatic amines is 1. The molecule has 0 saturated carbocycles. The fourth-order valence-corrected chi connectivity index (χ4v) is 4.04. The van der Waals surface area contributed by atoms with Gasteiger partial charge in [-0.2, -0.15) is 0 Å². The number of piperazine rings is 1. The first kappa shape index (κ1) is 21.6. The Balaban J connectivity index is 1.12. The van der Waals surface area contributed by atoms with Gasteiger partial charge in [0.2, 0.25) is 12.7 Å². The van der Waals surface area contributed by atoms with Gasteiger partial charge in [-0.3, -0.25) is 9.59 Å². The van der Waals surface area contributed by atoms with Crippen molar-refractivity contribution in [3.05, 3.63) is 54.2 Å². The van der Waals surface area contributed by atoms with Crippen LogP contribution in [-0.4, -0.2) is 71.6 Å². The molecule has 2 aliphatic heterocycles. The normalized spacial score (nSPS) is 15.8. The maximum atomic E-state index is 12.9. The largest absolute Gasteiger partial charge is 0.454 e. The second-order valence-electron chi connectivity index (χ2n) is 8.28. The molecule has 1 saturated heterocycles. The van der Waals surface area contributed by atoms with Gasteiger partial charge in [0.25, 0.3) is 5.91 Å². The number of para-hydroxylation sites is 1. The molecule has 34 heavy (non-hydrogen) atoms. The molecular formula is C24H25N5O5. The lowest BCUT2D eigenvalue weighted by Crippen LogP contribution is -2.55. The number of nitrogens with one attached hydrogen (secondary N) is 3. The van der Waals surface area contributed by atoms with Crippen LogP contribution in [-0.2, 0) is 4.79 Å². The first-order valence-corrected chi connectivity index (χ1v) is 11.1. The molecule has 10 nitrogen and oxygen atoms in total. The number of rotatable bonds is 4. The van der Waals surface area contributed by atoms with Gasteiger partial charge in [0, 0.05) is 48.8 Å². The Morgan fingerprint density at radius 2 is 1.68 bits per heavy atom. The molecule has 10 heteroatoms. The third-order valence-electron chi connectivity index (χ3n) is 5.99. The number of fused-ring (bicyclic) bond motifs is 2. The fourth-order valence-electron chi connectivity index (χ4n) is 4.04. The summed E-state index contributed by atoms with van der Waals surface area (Å²) in [5, 5.41) is 6.47. The molecule has 176 valence electrons. The van der Waals surface area contributed by atoms with Crippen LogP contribution in [0.25, 0.3) is 10.9 Å². The summed E-state index contributed by atoms with van der Waals surface area (Å²) in [7, 11) is 0. The number of urea groups is 1. The minimum absolute atomic E-state index is 0.0901. The van der Waals surface area contributed by atoms with Crippen LogP contribution in [0.5, 0.6) is 11.5 Å². The van der Waals surface area contributed by atoms with Crippen molar-refractivity contribution < 1.29 is 23.9 Å². The number of H-pyrrole nitrogens is 1. The average molecular weight is 463 g/mol. The Morgan fingerprint density at radius 1 is 0.941 bits per heavy atom. The Hall–Kier alpha value is -4.21. The summed E-state index contributed by atoms with van der Waals surface area (Å²) in [5.74, 6) is 0.753. The zero-order chi connectivity index (χ0) is 23.7. The summed E-state index contributed by atoms with van der Waals surface area (Å²) in [4.78, 5) is 44.6. The van der Waals surface area contributed by atoms with Crippen molar-refractivity contribution in [1.29, 1.82) is 0 Å². The Morgan fingerprint density at radius 3 is 2.47 bits per heavy atom. The molecule has 0 spiro atoms. The van der Waals surface area contributed by atoms with Crippen molar-refractivity contribution in [2.75, 3.05) is 38.3 Å². The van der Waals surface area contributed by atoms with Crippen molar-refractivity contribution in [3.63, 3.8) is 0 Å². The highest BCUT2D eigenvalue weighted by atomic mass is 16.7. The topological polar surface area (TPSA) is 116 Å². The van der Waals surface area contributed by atoms with Gasteiger partial charge in [-0.15, -0.1) is 0 Å². The number of nitrogens with zero attached hydrogens (tertiary/aromatic N) is 2. The SMILES string of the molecule is C[C@@H](NC(=O)N1CCN(C(=O)c2cc3ccccc3[nH]2)CC1)C(=O)Nc1ccc2c(c1)OCO2. The quantitative estimate of drug-likeness (QED) is 0.550. The van der Waals surface area contributed by atoms with E-state index in [-0.39, 0.29) is 24.6 Å². The number of hydrogen-bond donors (Lipinski definition) is 3. The second kappa shape index (κ2) is 8.97. The highest BCUT2D eigenvalue weighted by Crippen LogP contribution is 2.34. The van der Waals surface area contributed by atoms with Gasteiger partial charge < -0.3 is 34.9 Å². The number of aromatic nitrogens is 1. The van der Waals surface area contributed by atoms with E-state index in [0.717, 1.165) is 10.9 Å². The van der Waals surface area contributed by atoms with Crippen LogP contribution in [0.1, 0.15) is 17.4 Å². The van der Waals surface area contributed by atoms with E-state index in [4.69, 9.17) is 9.47 Å². The van der Waals surface area contributed by atoms with Crippen LogP contribution in [0.3, 0.4) is 0 Å². The number of benzene rings is 2. The molecule has 0 radical (unpaired) electrons. The monoisotopic (exact) mass is 463 g/mol. The highest BCUT2D eigenvalue weighted by molar-refractivity contribution is 5.98. The van der Waals surface area contributed by atoms with Crippen LogP contribution in [0.2, 0.25) is 0 Å². The molecule has 3 heterocycles. The van der Waals surface area contributed by atoms with E-state index in [0.29, 0.717) is 49.1 Å². The van der Waals surface area contributed by atoms with Crippen LogP contribution in [0.15, 0.2) is 48.5 Å². The molecule has 5 rings (SSSR count). The highest BCUT2D eigenvalue weighted by Gasteiger charge is 2.27. The van der Waals surface area contributed by atoms with Gasteiger partial charge in [0.1, 0.15) is 11.7 Å². The van der Waals surface area contributed by atoms with Gasteiger partial charge in [-0.1, -0.05) is 18.2 Å². The molecule has 3 N–H and O–H groups in total. The molecule has 3 aromatic rings. The maximum absolute atomic E-state index is 12.9. The zero-order valence-corrected chi connectivity index (χ0v) is 18.7. The molecule has 4 amide bonds. The van der Waals surface area contributed by atoms with E-state index >= 15 is 0 Å². The van der Waals surface area contributed by atoms with Gasteiger partial charge in [0.15, 0.2) is 11.5 Å². The first-order chi connectivity index (χ1) is 16.5. The van der Waals surface area contributed by atoms with Crippen molar-refractivity contribution in [3.8, 4) is 11.5 Å². The predicted octanol–water partition coefficient (Wildman–Crippen LogP) is 2.39.